The van der Waals surface area contributed by atoms with Crippen molar-refractivity contribution in [2.24, 2.45) is 5.92 Å². The summed E-state index contributed by atoms with van der Waals surface area (Å²) in [6.45, 7) is 0.978. The molecule has 3 aliphatic heterocycles. The van der Waals surface area contributed by atoms with E-state index in [0.717, 1.165) is 23.5 Å². The average Bonchev–Trinajstić information content (AvgIpc) is 3.19. The number of alkyl halides is 5. The van der Waals surface area contributed by atoms with Gasteiger partial charge < -0.3 is 9.64 Å². The Kier molecular flexibility index (Phi) is 6.71. The van der Waals surface area contributed by atoms with Crippen molar-refractivity contribution in [3.8, 4) is 5.69 Å². The van der Waals surface area contributed by atoms with Crippen molar-refractivity contribution in [2.75, 3.05) is 37.7 Å². The second kappa shape index (κ2) is 9.93. The van der Waals surface area contributed by atoms with Crippen LogP contribution in [-0.2, 0) is 24.0 Å². The number of hydrogen-bond donors (Lipinski definition) is 0. The molecule has 0 spiro atoms. The summed E-state index contributed by atoms with van der Waals surface area (Å²) in [6, 6.07) is 6.23. The second-order valence-electron chi connectivity index (χ2n) is 10.2. The molecule has 5 heterocycles. The van der Waals surface area contributed by atoms with E-state index in [1.54, 1.807) is 21.9 Å². The molecule has 0 N–H and O–H groups in total. The zero-order valence-electron chi connectivity index (χ0n) is 20.7. The molecule has 0 bridgehead atoms. The van der Waals surface area contributed by atoms with Gasteiger partial charge in [-0.05, 0) is 42.7 Å². The van der Waals surface area contributed by atoms with E-state index in [1.807, 2.05) is 10.6 Å². The molecule has 0 aliphatic carbocycles. The predicted molar refractivity (Wildman–Crippen MR) is 131 cm³/mol. The zero-order valence-corrected chi connectivity index (χ0v) is 21.5. The third-order valence-corrected chi connectivity index (χ3v) is 7.78. The van der Waals surface area contributed by atoms with E-state index in [0.29, 0.717) is 42.6 Å². The number of halogens is 6. The Hall–Kier alpha value is -2.90. The Morgan fingerprint density at radius 1 is 1.00 bits per heavy atom. The summed E-state index contributed by atoms with van der Waals surface area (Å²) >= 11 is 6.28. The molecule has 14 heteroatoms. The minimum Gasteiger partial charge on any atom is -0.380 e. The molecule has 2 aromatic heterocycles. The normalized spacial score (nSPS) is 19.4. The minimum atomic E-state index is -4.55. The summed E-state index contributed by atoms with van der Waals surface area (Å²) in [5.41, 5.74) is 0.598. The van der Waals surface area contributed by atoms with Gasteiger partial charge in [-0.3, -0.25) is 9.47 Å². The Morgan fingerprint density at radius 2 is 1.77 bits per heavy atom. The quantitative estimate of drug-likeness (QED) is 0.412. The standard InChI is InChI=1S/C25H25ClF5N7O/c26-18-1-2-19-16(9-18)10-36(14-24(27,28)17-12-39-13-17)11-21-34-35-22(38(19)21)15-4-7-37(8-5-15)23-32-6-3-20(33-23)25(29,30)31/h1-3,6,9,15,17H,4-5,7-8,10-14H2. The Labute approximate surface area is 225 Å². The van der Waals surface area contributed by atoms with Gasteiger partial charge in [-0.2, -0.15) is 13.2 Å². The molecular formula is C25H25ClF5N7O. The molecule has 39 heavy (non-hydrogen) atoms. The lowest BCUT2D eigenvalue weighted by Crippen LogP contribution is -2.49. The van der Waals surface area contributed by atoms with Crippen molar-refractivity contribution in [1.82, 2.24) is 29.6 Å². The first kappa shape index (κ1) is 26.3. The van der Waals surface area contributed by atoms with Crippen LogP contribution < -0.4 is 4.90 Å². The van der Waals surface area contributed by atoms with Crippen LogP contribution in [0.2, 0.25) is 5.02 Å². The van der Waals surface area contributed by atoms with Gasteiger partial charge in [0.25, 0.3) is 5.92 Å². The summed E-state index contributed by atoms with van der Waals surface area (Å²) in [6.07, 6.45) is -2.26. The summed E-state index contributed by atoms with van der Waals surface area (Å²) < 4.78 is 76.1. The number of benzene rings is 1. The zero-order chi connectivity index (χ0) is 27.4. The first-order valence-corrected chi connectivity index (χ1v) is 13.0. The summed E-state index contributed by atoms with van der Waals surface area (Å²) in [5.74, 6) is -2.48. The van der Waals surface area contributed by atoms with Gasteiger partial charge >= 0.3 is 6.18 Å². The highest BCUT2D eigenvalue weighted by Gasteiger charge is 2.46. The number of anilines is 1. The van der Waals surface area contributed by atoms with Crippen LogP contribution in [0.1, 0.15) is 41.7 Å². The highest BCUT2D eigenvalue weighted by atomic mass is 35.5. The number of rotatable bonds is 5. The van der Waals surface area contributed by atoms with E-state index in [1.165, 1.54) is 0 Å². The third-order valence-electron chi connectivity index (χ3n) is 7.54. The largest absolute Gasteiger partial charge is 0.433 e. The van der Waals surface area contributed by atoms with E-state index in [9.17, 15) is 22.0 Å². The molecule has 1 aromatic carbocycles. The number of ether oxygens (including phenoxy) is 1. The van der Waals surface area contributed by atoms with Gasteiger partial charge in [0.1, 0.15) is 11.5 Å². The molecular weight excluding hydrogens is 545 g/mol. The lowest BCUT2D eigenvalue weighted by atomic mass is 9.95. The van der Waals surface area contributed by atoms with Gasteiger partial charge in [0.15, 0.2) is 5.82 Å². The lowest BCUT2D eigenvalue weighted by molar-refractivity contribution is -0.179. The topological polar surface area (TPSA) is 72.2 Å². The predicted octanol–water partition coefficient (Wildman–Crippen LogP) is 4.71. The second-order valence-corrected chi connectivity index (χ2v) is 10.7. The van der Waals surface area contributed by atoms with Gasteiger partial charge in [0.05, 0.1) is 37.9 Å². The van der Waals surface area contributed by atoms with E-state index < -0.39 is 30.3 Å². The van der Waals surface area contributed by atoms with E-state index >= 15 is 0 Å². The molecule has 2 fully saturated rings. The molecule has 6 rings (SSSR count). The lowest BCUT2D eigenvalue weighted by Gasteiger charge is -2.36. The van der Waals surface area contributed by atoms with Crippen LogP contribution in [0.4, 0.5) is 27.9 Å². The number of aromatic nitrogens is 5. The highest BCUT2D eigenvalue weighted by Crippen LogP contribution is 2.37. The number of piperidine rings is 1. The minimum absolute atomic E-state index is 0.0387. The maximum absolute atomic E-state index is 14.9. The monoisotopic (exact) mass is 569 g/mol. The molecule has 0 radical (unpaired) electrons. The van der Waals surface area contributed by atoms with E-state index in [4.69, 9.17) is 16.3 Å². The molecule has 0 atom stereocenters. The van der Waals surface area contributed by atoms with Crippen LogP contribution in [0.5, 0.6) is 0 Å². The van der Waals surface area contributed by atoms with Crippen LogP contribution in [-0.4, -0.2) is 68.4 Å². The average molecular weight is 570 g/mol. The molecule has 0 amide bonds. The SMILES string of the molecule is FC(F)(F)c1ccnc(N2CCC(c3nnc4n3-c3ccc(Cl)cc3CN(CC(F)(F)C3COC3)C4)CC2)n1. The number of hydrogen-bond acceptors (Lipinski definition) is 7. The molecule has 2 saturated heterocycles. The van der Waals surface area contributed by atoms with Crippen LogP contribution in [0, 0.1) is 5.92 Å². The molecule has 0 unspecified atom stereocenters. The van der Waals surface area contributed by atoms with Crippen LogP contribution in [0.3, 0.4) is 0 Å². The van der Waals surface area contributed by atoms with Crippen molar-refractivity contribution in [1.29, 1.82) is 0 Å². The van der Waals surface area contributed by atoms with Gasteiger partial charge in [-0.15, -0.1) is 10.2 Å². The Bertz CT molecular complexity index is 1350. The molecule has 3 aromatic rings. The highest BCUT2D eigenvalue weighted by molar-refractivity contribution is 6.30. The fourth-order valence-corrected chi connectivity index (χ4v) is 5.56. The maximum Gasteiger partial charge on any atom is 0.433 e. The first-order chi connectivity index (χ1) is 18.6. The van der Waals surface area contributed by atoms with Crippen molar-refractivity contribution in [2.45, 2.75) is 43.9 Å². The van der Waals surface area contributed by atoms with Gasteiger partial charge in [-0.1, -0.05) is 11.6 Å². The molecule has 208 valence electrons. The molecule has 8 nitrogen and oxygen atoms in total. The smallest absolute Gasteiger partial charge is 0.380 e. The van der Waals surface area contributed by atoms with Crippen molar-refractivity contribution < 1.29 is 26.7 Å². The van der Waals surface area contributed by atoms with Crippen LogP contribution in [0.25, 0.3) is 5.69 Å². The Morgan fingerprint density at radius 3 is 2.46 bits per heavy atom. The third kappa shape index (κ3) is 5.19. The fourth-order valence-electron chi connectivity index (χ4n) is 5.37. The summed E-state index contributed by atoms with van der Waals surface area (Å²) in [4.78, 5) is 11.1. The summed E-state index contributed by atoms with van der Waals surface area (Å²) in [5, 5.41) is 9.36. The number of nitrogens with zero attached hydrogens (tertiary/aromatic N) is 7. The van der Waals surface area contributed by atoms with E-state index in [2.05, 4.69) is 20.2 Å². The van der Waals surface area contributed by atoms with Crippen molar-refractivity contribution in [3.63, 3.8) is 0 Å². The van der Waals surface area contributed by atoms with E-state index in [-0.39, 0.29) is 38.2 Å². The Balaban J connectivity index is 1.25. The first-order valence-electron chi connectivity index (χ1n) is 12.6. The van der Waals surface area contributed by atoms with Crippen molar-refractivity contribution >= 4 is 17.5 Å². The van der Waals surface area contributed by atoms with Crippen molar-refractivity contribution in [3.05, 3.63) is 58.4 Å². The fraction of sp³-hybridized carbons (Fsp3) is 0.520. The molecule has 3 aliphatic rings. The van der Waals surface area contributed by atoms with Gasteiger partial charge in [0, 0.05) is 36.8 Å². The molecule has 0 saturated carbocycles. The van der Waals surface area contributed by atoms with Crippen LogP contribution >= 0.6 is 11.6 Å². The summed E-state index contributed by atoms with van der Waals surface area (Å²) in [7, 11) is 0. The maximum atomic E-state index is 14.9. The van der Waals surface area contributed by atoms with Gasteiger partial charge in [-0.25, -0.2) is 18.7 Å². The van der Waals surface area contributed by atoms with Gasteiger partial charge in [0.2, 0.25) is 5.95 Å². The van der Waals surface area contributed by atoms with Crippen LogP contribution in [0.15, 0.2) is 30.5 Å². The number of fused-ring (bicyclic) bond motifs is 3.